The van der Waals surface area contributed by atoms with E-state index in [-0.39, 0.29) is 18.0 Å². The third-order valence-electron chi connectivity index (χ3n) is 7.05. The molecule has 224 valence electrons. The van der Waals surface area contributed by atoms with Gasteiger partial charge in [0.05, 0.1) is 18.0 Å². The van der Waals surface area contributed by atoms with Crippen LogP contribution in [-0.2, 0) is 9.59 Å². The summed E-state index contributed by atoms with van der Waals surface area (Å²) in [5.41, 5.74) is 6.93. The van der Waals surface area contributed by atoms with Crippen molar-refractivity contribution in [3.63, 3.8) is 0 Å². The molecule has 2 atom stereocenters. The molecular weight excluding hydrogens is 572 g/mol. The van der Waals surface area contributed by atoms with E-state index >= 15 is 0 Å². The number of carbonyl (C=O) groups is 4. The molecule has 2 aromatic carbocycles. The van der Waals surface area contributed by atoms with Gasteiger partial charge in [0.2, 0.25) is 11.8 Å². The lowest BCUT2D eigenvalue weighted by Crippen LogP contribution is -2.55. The summed E-state index contributed by atoms with van der Waals surface area (Å²) >= 11 is 6.23. The number of aromatic amines is 1. The predicted octanol–water partition coefficient (Wildman–Crippen LogP) is 4.00. The Balaban J connectivity index is 1.69. The van der Waals surface area contributed by atoms with E-state index in [0.29, 0.717) is 35.3 Å². The van der Waals surface area contributed by atoms with Crippen LogP contribution < -0.4 is 15.8 Å². The first-order valence-corrected chi connectivity index (χ1v) is 14.2. The summed E-state index contributed by atoms with van der Waals surface area (Å²) in [5, 5.41) is 3.31. The highest BCUT2D eigenvalue weighted by Crippen LogP contribution is 2.45. The van der Waals surface area contributed by atoms with E-state index in [9.17, 15) is 19.2 Å². The van der Waals surface area contributed by atoms with Crippen LogP contribution in [0, 0.1) is 0 Å². The van der Waals surface area contributed by atoms with Gasteiger partial charge in [-0.2, -0.15) is 0 Å². The third-order valence-corrected chi connectivity index (χ3v) is 7.30. The largest absolute Gasteiger partial charge is 0.487 e. The second kappa shape index (κ2) is 11.9. The number of halogens is 1. The maximum absolute atomic E-state index is 14.4. The normalized spacial score (nSPS) is 18.7. The fourth-order valence-electron chi connectivity index (χ4n) is 5.22. The number of amides is 4. The maximum Gasteiger partial charge on any atom is 0.326 e. The van der Waals surface area contributed by atoms with Crippen LogP contribution in [0.1, 0.15) is 66.3 Å². The number of piperazine rings is 1. The molecule has 3 aromatic rings. The molecular formula is C31H33ClN6O5. The number of ketones is 1. The minimum Gasteiger partial charge on any atom is -0.487 e. The number of carbonyl (C=O) groups excluding carboxylic acids is 4. The number of hydrogen-bond acceptors (Lipinski definition) is 6. The van der Waals surface area contributed by atoms with E-state index in [1.165, 1.54) is 4.90 Å². The van der Waals surface area contributed by atoms with Crippen molar-refractivity contribution in [1.82, 2.24) is 20.1 Å². The molecule has 43 heavy (non-hydrogen) atoms. The molecule has 4 N–H and O–H groups in total. The maximum atomic E-state index is 14.4. The lowest BCUT2D eigenvalue weighted by Gasteiger charge is -2.36. The Kier molecular flexibility index (Phi) is 8.27. The third kappa shape index (κ3) is 6.56. The number of urea groups is 1. The number of nitrogens with one attached hydrogen (secondary N) is 2. The van der Waals surface area contributed by atoms with Gasteiger partial charge in [-0.05, 0) is 62.2 Å². The topological polar surface area (TPSA) is 150 Å². The molecule has 5 rings (SSSR count). The standard InChI is InChI=1S/C31H33ClN6O5/c1-31(2,3)43-24-14-19(23(39)15-25(33)40)6-9-22(24)29-36-27(20-10-11-34-16-20)28(18-4-7-21(32)8-5-18)38(29)30(42)37-13-12-35-26(41)17-37/h4-11,14,16,27-28,34H,12-13,15,17H2,1-3H3,(H2,33,40)(H,35,41)/t27-,28+/m0/s1. The van der Waals surface area contributed by atoms with Crippen LogP contribution in [0.25, 0.3) is 0 Å². The molecule has 0 radical (unpaired) electrons. The molecule has 1 saturated heterocycles. The Bertz CT molecular complexity index is 1580. The predicted molar refractivity (Wildman–Crippen MR) is 161 cm³/mol. The Morgan fingerprint density at radius 1 is 1.09 bits per heavy atom. The van der Waals surface area contributed by atoms with Crippen LogP contribution in [0.15, 0.2) is 65.9 Å². The molecule has 1 aromatic heterocycles. The zero-order valence-corrected chi connectivity index (χ0v) is 24.9. The highest BCUT2D eigenvalue weighted by molar-refractivity contribution is 6.30. The molecule has 3 heterocycles. The zero-order valence-electron chi connectivity index (χ0n) is 24.1. The first-order chi connectivity index (χ1) is 20.4. The number of benzene rings is 2. The molecule has 12 heteroatoms. The summed E-state index contributed by atoms with van der Waals surface area (Å²) in [6.07, 6.45) is 3.16. The van der Waals surface area contributed by atoms with E-state index in [2.05, 4.69) is 10.3 Å². The Labute approximate surface area is 254 Å². The molecule has 0 bridgehead atoms. The monoisotopic (exact) mass is 604 g/mol. The van der Waals surface area contributed by atoms with Crippen molar-refractivity contribution in [3.05, 3.63) is 88.2 Å². The Morgan fingerprint density at radius 2 is 1.84 bits per heavy atom. The molecule has 11 nitrogen and oxygen atoms in total. The molecule has 0 spiro atoms. The molecule has 4 amide bonds. The number of nitrogens with two attached hydrogens (primary N) is 1. The number of nitrogens with zero attached hydrogens (tertiary/aromatic N) is 3. The summed E-state index contributed by atoms with van der Waals surface area (Å²) in [7, 11) is 0. The summed E-state index contributed by atoms with van der Waals surface area (Å²) in [4.78, 5) is 62.2. The smallest absolute Gasteiger partial charge is 0.326 e. The van der Waals surface area contributed by atoms with Crippen LogP contribution in [0.4, 0.5) is 4.79 Å². The van der Waals surface area contributed by atoms with Crippen LogP contribution >= 0.6 is 11.6 Å². The molecule has 2 aliphatic rings. The van der Waals surface area contributed by atoms with Crippen molar-refractivity contribution in [2.75, 3.05) is 19.6 Å². The lowest BCUT2D eigenvalue weighted by atomic mass is 9.95. The summed E-state index contributed by atoms with van der Waals surface area (Å²) in [6.45, 7) is 6.13. The number of H-pyrrole nitrogens is 1. The average molecular weight is 605 g/mol. The van der Waals surface area contributed by atoms with Crippen LogP contribution in [0.2, 0.25) is 5.02 Å². The molecule has 0 aliphatic carbocycles. The second-order valence-electron chi connectivity index (χ2n) is 11.5. The SMILES string of the molecule is CC(C)(C)Oc1cc(C(=O)CC(N)=O)ccc1C1=N[C@@H](c2cc[nH]c2)[C@@H](c2ccc(Cl)cc2)N1C(=O)N1CCNC(=O)C1. The Morgan fingerprint density at radius 3 is 2.47 bits per heavy atom. The average Bonchev–Trinajstić information content (AvgIpc) is 3.60. The van der Waals surface area contributed by atoms with Gasteiger partial charge in [0, 0.05) is 36.1 Å². The number of hydrogen-bond donors (Lipinski definition) is 3. The van der Waals surface area contributed by atoms with Gasteiger partial charge in [-0.1, -0.05) is 29.8 Å². The van der Waals surface area contributed by atoms with Gasteiger partial charge in [-0.15, -0.1) is 0 Å². The van der Waals surface area contributed by atoms with E-state index < -0.39 is 41.8 Å². The van der Waals surface area contributed by atoms with Gasteiger partial charge in [0.25, 0.3) is 0 Å². The summed E-state index contributed by atoms with van der Waals surface area (Å²) < 4.78 is 6.33. The van der Waals surface area contributed by atoms with Crippen molar-refractivity contribution in [1.29, 1.82) is 0 Å². The first-order valence-electron chi connectivity index (χ1n) is 13.9. The van der Waals surface area contributed by atoms with Gasteiger partial charge >= 0.3 is 6.03 Å². The number of primary amides is 1. The quantitative estimate of drug-likeness (QED) is 0.275. The van der Waals surface area contributed by atoms with Gasteiger partial charge < -0.3 is 25.7 Å². The minimum absolute atomic E-state index is 0.101. The van der Waals surface area contributed by atoms with Crippen molar-refractivity contribution in [3.8, 4) is 5.75 Å². The first kappa shape index (κ1) is 29.8. The van der Waals surface area contributed by atoms with Crippen molar-refractivity contribution >= 4 is 41.1 Å². The van der Waals surface area contributed by atoms with E-state index in [0.717, 1.165) is 11.1 Å². The number of rotatable bonds is 7. The van der Waals surface area contributed by atoms with Crippen LogP contribution in [0.5, 0.6) is 5.75 Å². The van der Waals surface area contributed by atoms with Gasteiger partial charge in [-0.25, -0.2) is 4.79 Å². The second-order valence-corrected chi connectivity index (χ2v) is 11.9. The highest BCUT2D eigenvalue weighted by Gasteiger charge is 2.45. The summed E-state index contributed by atoms with van der Waals surface area (Å²) in [5.74, 6) is -0.829. The molecule has 0 unspecified atom stereocenters. The number of aromatic nitrogens is 1. The lowest BCUT2D eigenvalue weighted by molar-refractivity contribution is -0.123. The highest BCUT2D eigenvalue weighted by atomic mass is 35.5. The summed E-state index contributed by atoms with van der Waals surface area (Å²) in [6, 6.07) is 12.4. The Hall–Kier alpha value is -4.64. The van der Waals surface area contributed by atoms with E-state index in [1.807, 2.05) is 45.2 Å². The fraction of sp³-hybridized carbons (Fsp3) is 0.323. The number of ether oxygens (including phenoxy) is 1. The molecule has 2 aliphatic heterocycles. The molecule has 0 saturated carbocycles. The van der Waals surface area contributed by atoms with Crippen LogP contribution in [-0.4, -0.2) is 69.5 Å². The molecule has 1 fully saturated rings. The van der Waals surface area contributed by atoms with Gasteiger partial charge in [0.15, 0.2) is 5.78 Å². The van der Waals surface area contributed by atoms with Crippen molar-refractivity contribution < 1.29 is 23.9 Å². The zero-order chi connectivity index (χ0) is 30.9. The number of amidine groups is 1. The fourth-order valence-corrected chi connectivity index (χ4v) is 5.35. The van der Waals surface area contributed by atoms with Gasteiger partial charge in [-0.3, -0.25) is 24.3 Å². The minimum atomic E-state index is -0.741. The number of aliphatic imine (C=N–C) groups is 1. The van der Waals surface area contributed by atoms with Crippen molar-refractivity contribution in [2.45, 2.75) is 44.9 Å². The van der Waals surface area contributed by atoms with Gasteiger partial charge in [0.1, 0.15) is 29.8 Å². The van der Waals surface area contributed by atoms with E-state index in [4.69, 9.17) is 27.1 Å². The van der Waals surface area contributed by atoms with E-state index in [1.54, 1.807) is 41.4 Å². The number of Topliss-reactive ketones (excluding diaryl/α,β-unsaturated/α-hetero) is 1. The van der Waals surface area contributed by atoms with Crippen molar-refractivity contribution in [2.24, 2.45) is 10.7 Å². The van der Waals surface area contributed by atoms with Crippen LogP contribution in [0.3, 0.4) is 0 Å².